The molecule has 0 N–H and O–H groups in total. The van der Waals surface area contributed by atoms with Crippen LogP contribution < -0.4 is 4.74 Å². The van der Waals surface area contributed by atoms with Gasteiger partial charge in [-0.2, -0.15) is 0 Å². The van der Waals surface area contributed by atoms with E-state index in [4.69, 9.17) is 18.9 Å². The summed E-state index contributed by atoms with van der Waals surface area (Å²) in [7, 11) is 0. The van der Waals surface area contributed by atoms with E-state index in [1.165, 1.54) is 0 Å². The molecule has 0 radical (unpaired) electrons. The Kier molecular flexibility index (Phi) is 8.58. The molecule has 0 fully saturated rings. The van der Waals surface area contributed by atoms with Gasteiger partial charge in [0.05, 0.1) is 6.61 Å². The first-order valence-electron chi connectivity index (χ1n) is 8.93. The lowest BCUT2D eigenvalue weighted by atomic mass is 10.1. The molecule has 0 aromatic heterocycles. The maximum atomic E-state index is 12.0. The van der Waals surface area contributed by atoms with Gasteiger partial charge in [-0.15, -0.1) is 0 Å². The summed E-state index contributed by atoms with van der Waals surface area (Å²) in [5.41, 5.74) is 0.355. The summed E-state index contributed by atoms with van der Waals surface area (Å²) in [5, 5.41) is 0. The van der Waals surface area contributed by atoms with Gasteiger partial charge in [-0.25, -0.2) is 9.59 Å². The summed E-state index contributed by atoms with van der Waals surface area (Å²) in [6, 6.07) is 7.18. The van der Waals surface area contributed by atoms with Crippen LogP contribution in [0.25, 0.3) is 0 Å². The zero-order valence-electron chi connectivity index (χ0n) is 16.5. The number of ether oxygens (including phenoxy) is 4. The van der Waals surface area contributed by atoms with Crippen LogP contribution in [0.4, 0.5) is 0 Å². The monoisotopic (exact) mass is 366 g/mol. The maximum absolute atomic E-state index is 12.0. The fourth-order valence-corrected chi connectivity index (χ4v) is 2.20. The van der Waals surface area contributed by atoms with Crippen LogP contribution in [-0.2, 0) is 30.2 Å². The van der Waals surface area contributed by atoms with E-state index in [1.54, 1.807) is 26.0 Å². The minimum atomic E-state index is -0.712. The summed E-state index contributed by atoms with van der Waals surface area (Å²) < 4.78 is 21.4. The molecular weight excluding hydrogens is 336 g/mol. The van der Waals surface area contributed by atoms with Crippen LogP contribution >= 0.6 is 0 Å². The second-order valence-electron chi connectivity index (χ2n) is 6.84. The Morgan fingerprint density at radius 1 is 1.00 bits per heavy atom. The molecule has 0 saturated carbocycles. The Labute approximate surface area is 155 Å². The number of rotatable bonds is 9. The van der Waals surface area contributed by atoms with Gasteiger partial charge in [0.1, 0.15) is 11.4 Å². The standard InChI is InChI=1S/C20H30O6/c1-7-23-17(19(22)24-8-2)13-15-9-11-16(12-10-15)25-14(3)18(21)26-20(4,5)6/h9-12,14,17H,7-8,13H2,1-6H3/t14-,17?/m0/s1. The van der Waals surface area contributed by atoms with Gasteiger partial charge in [-0.1, -0.05) is 12.1 Å². The van der Waals surface area contributed by atoms with Crippen LogP contribution in [0.2, 0.25) is 0 Å². The Bertz CT molecular complexity index is 573. The van der Waals surface area contributed by atoms with Crippen molar-refractivity contribution in [1.29, 1.82) is 0 Å². The molecule has 1 unspecified atom stereocenters. The third-order valence-corrected chi connectivity index (χ3v) is 3.31. The van der Waals surface area contributed by atoms with E-state index in [0.717, 1.165) is 5.56 Å². The lowest BCUT2D eigenvalue weighted by Gasteiger charge is -2.22. The Hall–Kier alpha value is -2.08. The van der Waals surface area contributed by atoms with E-state index in [9.17, 15) is 9.59 Å². The predicted octanol–water partition coefficient (Wildman–Crippen LogP) is 3.31. The average Bonchev–Trinajstić information content (AvgIpc) is 2.54. The molecule has 2 atom stereocenters. The second kappa shape index (κ2) is 10.2. The van der Waals surface area contributed by atoms with Gasteiger partial charge in [0, 0.05) is 13.0 Å². The highest BCUT2D eigenvalue weighted by atomic mass is 16.6. The van der Waals surface area contributed by atoms with Crippen molar-refractivity contribution in [3.63, 3.8) is 0 Å². The van der Waals surface area contributed by atoms with Gasteiger partial charge < -0.3 is 18.9 Å². The Morgan fingerprint density at radius 2 is 1.62 bits per heavy atom. The van der Waals surface area contributed by atoms with Gasteiger partial charge in [-0.05, 0) is 59.2 Å². The number of benzene rings is 1. The third-order valence-electron chi connectivity index (χ3n) is 3.31. The fraction of sp³-hybridized carbons (Fsp3) is 0.600. The smallest absolute Gasteiger partial charge is 0.347 e. The number of esters is 2. The van der Waals surface area contributed by atoms with Crippen LogP contribution in [0, 0.1) is 0 Å². The maximum Gasteiger partial charge on any atom is 0.347 e. The first-order chi connectivity index (χ1) is 12.2. The molecule has 26 heavy (non-hydrogen) atoms. The number of carbonyl (C=O) groups excluding carboxylic acids is 2. The van der Waals surface area contributed by atoms with Gasteiger partial charge >= 0.3 is 11.9 Å². The van der Waals surface area contributed by atoms with Crippen molar-refractivity contribution in [2.45, 2.75) is 65.8 Å². The highest BCUT2D eigenvalue weighted by Crippen LogP contribution is 2.18. The van der Waals surface area contributed by atoms with E-state index >= 15 is 0 Å². The Balaban J connectivity index is 2.67. The first kappa shape index (κ1) is 22.0. The highest BCUT2D eigenvalue weighted by Gasteiger charge is 2.23. The van der Waals surface area contributed by atoms with Gasteiger partial charge in [0.25, 0.3) is 0 Å². The molecule has 0 aliphatic carbocycles. The van der Waals surface area contributed by atoms with Crippen molar-refractivity contribution in [2.24, 2.45) is 0 Å². The Morgan fingerprint density at radius 3 is 2.12 bits per heavy atom. The normalized spacial score (nSPS) is 13.6. The summed E-state index contributed by atoms with van der Waals surface area (Å²) in [5.74, 6) is -0.232. The van der Waals surface area contributed by atoms with Crippen molar-refractivity contribution in [1.82, 2.24) is 0 Å². The lowest BCUT2D eigenvalue weighted by molar-refractivity contribution is -0.162. The van der Waals surface area contributed by atoms with Crippen LogP contribution in [0.3, 0.4) is 0 Å². The molecule has 6 nitrogen and oxygen atoms in total. The van der Waals surface area contributed by atoms with Crippen molar-refractivity contribution >= 4 is 11.9 Å². The lowest BCUT2D eigenvalue weighted by Crippen LogP contribution is -2.33. The molecule has 1 rings (SSSR count). The molecule has 1 aromatic rings. The molecule has 0 saturated heterocycles. The van der Waals surface area contributed by atoms with E-state index in [-0.39, 0.29) is 5.97 Å². The van der Waals surface area contributed by atoms with Crippen LogP contribution in [0.1, 0.15) is 47.1 Å². The third kappa shape index (κ3) is 7.87. The fourth-order valence-electron chi connectivity index (χ4n) is 2.20. The molecular formula is C20H30O6. The number of carbonyl (C=O) groups is 2. The average molecular weight is 366 g/mol. The molecule has 0 spiro atoms. The molecule has 0 amide bonds. The first-order valence-corrected chi connectivity index (χ1v) is 8.93. The number of hydrogen-bond donors (Lipinski definition) is 0. The van der Waals surface area contributed by atoms with Crippen LogP contribution in [-0.4, -0.2) is 43.0 Å². The summed E-state index contributed by atoms with van der Waals surface area (Å²) in [6.07, 6.45) is -0.933. The summed E-state index contributed by atoms with van der Waals surface area (Å²) in [6.45, 7) is 11.4. The molecule has 146 valence electrons. The molecule has 0 heterocycles. The largest absolute Gasteiger partial charge is 0.479 e. The summed E-state index contributed by atoms with van der Waals surface area (Å²) in [4.78, 5) is 23.9. The van der Waals surface area contributed by atoms with E-state index in [2.05, 4.69) is 0 Å². The van der Waals surface area contributed by atoms with E-state index < -0.39 is 23.8 Å². The van der Waals surface area contributed by atoms with Crippen molar-refractivity contribution in [3.8, 4) is 5.75 Å². The molecule has 0 aliphatic heterocycles. The topological polar surface area (TPSA) is 71.1 Å². The van der Waals surface area contributed by atoms with Gasteiger partial charge in [0.2, 0.25) is 0 Å². The quantitative estimate of drug-likeness (QED) is 0.625. The predicted molar refractivity (Wildman–Crippen MR) is 98.1 cm³/mol. The molecule has 0 bridgehead atoms. The second-order valence-corrected chi connectivity index (χ2v) is 6.84. The van der Waals surface area contributed by atoms with E-state index in [1.807, 2.05) is 39.8 Å². The van der Waals surface area contributed by atoms with Crippen molar-refractivity contribution < 1.29 is 28.5 Å². The molecule has 1 aromatic carbocycles. The van der Waals surface area contributed by atoms with Crippen LogP contribution in [0.15, 0.2) is 24.3 Å². The van der Waals surface area contributed by atoms with E-state index in [0.29, 0.717) is 25.4 Å². The van der Waals surface area contributed by atoms with Crippen molar-refractivity contribution in [2.75, 3.05) is 13.2 Å². The van der Waals surface area contributed by atoms with Crippen molar-refractivity contribution in [3.05, 3.63) is 29.8 Å². The summed E-state index contributed by atoms with van der Waals surface area (Å²) >= 11 is 0. The van der Waals surface area contributed by atoms with Crippen LogP contribution in [0.5, 0.6) is 5.75 Å². The minimum Gasteiger partial charge on any atom is -0.479 e. The minimum absolute atomic E-state index is 0.317. The zero-order valence-corrected chi connectivity index (χ0v) is 16.5. The zero-order chi connectivity index (χ0) is 19.7. The molecule has 6 heteroatoms. The molecule has 0 aliphatic rings. The van der Waals surface area contributed by atoms with Gasteiger partial charge in [-0.3, -0.25) is 0 Å². The van der Waals surface area contributed by atoms with Gasteiger partial charge in [0.15, 0.2) is 12.2 Å². The SMILES string of the molecule is CCOC(=O)C(Cc1ccc(O[C@@H](C)C(=O)OC(C)(C)C)cc1)OCC. The number of hydrogen-bond acceptors (Lipinski definition) is 6. The highest BCUT2D eigenvalue weighted by molar-refractivity contribution is 5.75.